The Balaban J connectivity index is 2.54. The van der Waals surface area contributed by atoms with E-state index in [0.29, 0.717) is 19.0 Å². The number of carbonyl (C=O) groups excluding carboxylic acids is 1. The number of ether oxygens (including phenoxy) is 1. The van der Waals surface area contributed by atoms with E-state index in [1.54, 1.807) is 0 Å². The van der Waals surface area contributed by atoms with Crippen molar-refractivity contribution in [3.8, 4) is 0 Å². The Kier molecular flexibility index (Phi) is 8.38. The van der Waals surface area contributed by atoms with E-state index in [1.165, 1.54) is 0 Å². The Morgan fingerprint density at radius 2 is 2.00 bits per heavy atom. The first-order chi connectivity index (χ1) is 10.5. The van der Waals surface area contributed by atoms with Crippen molar-refractivity contribution < 1.29 is 9.53 Å². The Morgan fingerprint density at radius 3 is 2.45 bits per heavy atom. The van der Waals surface area contributed by atoms with Gasteiger partial charge in [0, 0.05) is 32.2 Å². The van der Waals surface area contributed by atoms with Crippen LogP contribution in [0.3, 0.4) is 0 Å². The third-order valence-corrected chi connectivity index (χ3v) is 4.11. The lowest BCUT2D eigenvalue weighted by atomic mass is 10.0. The van der Waals surface area contributed by atoms with E-state index in [0.717, 1.165) is 25.9 Å². The molecule has 0 aromatic heterocycles. The molecule has 1 fully saturated rings. The zero-order chi connectivity index (χ0) is 16.5. The third-order valence-electron chi connectivity index (χ3n) is 4.11. The summed E-state index contributed by atoms with van der Waals surface area (Å²) in [5.74, 6) is 0.389. The molecular weight excluding hydrogens is 278 g/mol. The van der Waals surface area contributed by atoms with E-state index < -0.39 is 0 Å². The van der Waals surface area contributed by atoms with Crippen LogP contribution in [-0.4, -0.2) is 55.2 Å². The average Bonchev–Trinajstić information content (AvgIpc) is 2.96. The highest BCUT2D eigenvalue weighted by Crippen LogP contribution is 2.19. The zero-order valence-corrected chi connectivity index (χ0v) is 14.0. The molecule has 0 bridgehead atoms. The molecule has 1 unspecified atom stereocenters. The first kappa shape index (κ1) is 18.9. The van der Waals surface area contributed by atoms with Gasteiger partial charge in [-0.25, -0.2) is 0 Å². The van der Waals surface area contributed by atoms with Gasteiger partial charge in [-0.2, -0.15) is 0 Å². The molecule has 0 radical (unpaired) electrons. The smallest absolute Gasteiger partial charge is 0.249 e. The van der Waals surface area contributed by atoms with Crippen molar-refractivity contribution in [2.24, 2.45) is 11.7 Å². The molecule has 3 atom stereocenters. The number of carbonyl (C=O) groups is 1. The minimum Gasteiger partial charge on any atom is -0.364 e. The second kappa shape index (κ2) is 9.77. The van der Waals surface area contributed by atoms with Crippen LogP contribution in [0.2, 0.25) is 0 Å². The molecule has 0 aliphatic carbocycles. The fourth-order valence-electron chi connectivity index (χ4n) is 2.85. The predicted octanol–water partition coefficient (Wildman–Crippen LogP) is 1.31. The summed E-state index contributed by atoms with van der Waals surface area (Å²) in [6, 6.07) is 0.242. The summed E-state index contributed by atoms with van der Waals surface area (Å²) >= 11 is 0. The third kappa shape index (κ3) is 5.55. The second-order valence-electron chi connectivity index (χ2n) is 6.15. The number of nitrogens with two attached hydrogens (primary N) is 1. The molecule has 0 spiro atoms. The van der Waals surface area contributed by atoms with E-state index in [1.807, 2.05) is 12.2 Å². The second-order valence-corrected chi connectivity index (χ2v) is 6.15. The first-order valence-corrected chi connectivity index (χ1v) is 8.12. The molecule has 0 saturated carbocycles. The number of amides is 1. The molecule has 126 valence electrons. The van der Waals surface area contributed by atoms with Crippen molar-refractivity contribution in [2.45, 2.75) is 44.9 Å². The van der Waals surface area contributed by atoms with Gasteiger partial charge in [0.15, 0.2) is 0 Å². The monoisotopic (exact) mass is 309 g/mol. The van der Waals surface area contributed by atoms with Gasteiger partial charge in [0.1, 0.15) is 6.10 Å². The molecular formula is C17H31N3O2. The standard InChI is InChI=1S/C17H31N3O2/c1-5-9-20(10-6-2)15(13(3)4)12-19-17(21)16-8-7-14(11-18)22-16/h5-6,13-16H,1-2,7-12,18H2,3-4H3,(H,19,21)/t14-,15?,16+/m1/s1. The number of hydrogen-bond acceptors (Lipinski definition) is 4. The summed E-state index contributed by atoms with van der Waals surface area (Å²) in [7, 11) is 0. The Hall–Kier alpha value is -1.17. The molecule has 1 heterocycles. The van der Waals surface area contributed by atoms with Crippen LogP contribution < -0.4 is 11.1 Å². The van der Waals surface area contributed by atoms with Gasteiger partial charge in [-0.3, -0.25) is 9.69 Å². The van der Waals surface area contributed by atoms with Gasteiger partial charge < -0.3 is 15.8 Å². The largest absolute Gasteiger partial charge is 0.364 e. The summed E-state index contributed by atoms with van der Waals surface area (Å²) in [4.78, 5) is 14.5. The van der Waals surface area contributed by atoms with Crippen LogP contribution in [0.15, 0.2) is 25.3 Å². The number of nitrogens with zero attached hydrogens (tertiary/aromatic N) is 1. The summed E-state index contributed by atoms with van der Waals surface area (Å²) < 4.78 is 5.64. The lowest BCUT2D eigenvalue weighted by molar-refractivity contribution is -0.132. The lowest BCUT2D eigenvalue weighted by Gasteiger charge is -2.33. The highest BCUT2D eigenvalue weighted by atomic mass is 16.5. The molecule has 1 rings (SSSR count). The van der Waals surface area contributed by atoms with Crippen LogP contribution in [0, 0.1) is 5.92 Å². The summed E-state index contributed by atoms with van der Waals surface area (Å²) in [6.07, 6.45) is 5.05. The molecule has 1 saturated heterocycles. The van der Waals surface area contributed by atoms with Crippen LogP contribution in [0.5, 0.6) is 0 Å². The van der Waals surface area contributed by atoms with Gasteiger partial charge in [0.2, 0.25) is 5.91 Å². The minimum atomic E-state index is -0.353. The molecule has 5 heteroatoms. The highest BCUT2D eigenvalue weighted by Gasteiger charge is 2.30. The predicted molar refractivity (Wildman–Crippen MR) is 90.6 cm³/mol. The molecule has 0 aromatic rings. The average molecular weight is 309 g/mol. The van der Waals surface area contributed by atoms with Gasteiger partial charge in [-0.1, -0.05) is 26.0 Å². The van der Waals surface area contributed by atoms with Crippen molar-refractivity contribution in [1.82, 2.24) is 10.2 Å². The SMILES string of the molecule is C=CCN(CC=C)C(CNC(=O)[C@@H]1CC[C@H](CN)O1)C(C)C. The molecule has 0 aromatic carbocycles. The van der Waals surface area contributed by atoms with E-state index in [2.05, 4.69) is 37.2 Å². The Morgan fingerprint density at radius 1 is 1.36 bits per heavy atom. The summed E-state index contributed by atoms with van der Waals surface area (Å²) in [5, 5.41) is 3.03. The van der Waals surface area contributed by atoms with Crippen LogP contribution in [-0.2, 0) is 9.53 Å². The van der Waals surface area contributed by atoms with Crippen LogP contribution >= 0.6 is 0 Å². The van der Waals surface area contributed by atoms with Gasteiger partial charge in [0.25, 0.3) is 0 Å². The van der Waals surface area contributed by atoms with E-state index >= 15 is 0 Å². The number of hydrogen-bond donors (Lipinski definition) is 2. The normalized spacial score (nSPS) is 22.8. The number of nitrogens with one attached hydrogen (secondary N) is 1. The van der Waals surface area contributed by atoms with Crippen LogP contribution in [0.25, 0.3) is 0 Å². The van der Waals surface area contributed by atoms with Gasteiger partial charge >= 0.3 is 0 Å². The Bertz CT molecular complexity index is 361. The van der Waals surface area contributed by atoms with E-state index in [4.69, 9.17) is 10.5 Å². The molecule has 22 heavy (non-hydrogen) atoms. The van der Waals surface area contributed by atoms with Crippen LogP contribution in [0.4, 0.5) is 0 Å². The fraction of sp³-hybridized carbons (Fsp3) is 0.706. The highest BCUT2D eigenvalue weighted by molar-refractivity contribution is 5.81. The molecule has 5 nitrogen and oxygen atoms in total. The van der Waals surface area contributed by atoms with Gasteiger partial charge in [0.05, 0.1) is 6.10 Å². The van der Waals surface area contributed by atoms with Crippen LogP contribution in [0.1, 0.15) is 26.7 Å². The number of rotatable bonds is 10. The summed E-state index contributed by atoms with van der Waals surface area (Å²) in [6.45, 7) is 14.6. The lowest BCUT2D eigenvalue weighted by Crippen LogP contribution is -2.49. The maximum Gasteiger partial charge on any atom is 0.249 e. The fourth-order valence-corrected chi connectivity index (χ4v) is 2.85. The van der Waals surface area contributed by atoms with Gasteiger partial charge in [-0.15, -0.1) is 13.2 Å². The Labute approximate surface area is 134 Å². The van der Waals surface area contributed by atoms with Crippen molar-refractivity contribution in [3.63, 3.8) is 0 Å². The van der Waals surface area contributed by atoms with E-state index in [9.17, 15) is 4.79 Å². The molecule has 1 aliphatic rings. The maximum absolute atomic E-state index is 12.2. The first-order valence-electron chi connectivity index (χ1n) is 8.12. The van der Waals surface area contributed by atoms with Gasteiger partial charge in [-0.05, 0) is 18.8 Å². The quantitative estimate of drug-likeness (QED) is 0.597. The van der Waals surface area contributed by atoms with Crippen molar-refractivity contribution >= 4 is 5.91 Å². The molecule has 1 aliphatic heterocycles. The zero-order valence-electron chi connectivity index (χ0n) is 14.0. The van der Waals surface area contributed by atoms with Crippen molar-refractivity contribution in [3.05, 3.63) is 25.3 Å². The maximum atomic E-state index is 12.2. The summed E-state index contributed by atoms with van der Waals surface area (Å²) in [5.41, 5.74) is 5.58. The van der Waals surface area contributed by atoms with E-state index in [-0.39, 0.29) is 24.2 Å². The molecule has 1 amide bonds. The minimum absolute atomic E-state index is 0.0228. The van der Waals surface area contributed by atoms with Crippen molar-refractivity contribution in [2.75, 3.05) is 26.2 Å². The molecule has 3 N–H and O–H groups in total. The topological polar surface area (TPSA) is 67.6 Å². The van der Waals surface area contributed by atoms with Crippen molar-refractivity contribution in [1.29, 1.82) is 0 Å².